The molecule has 20 heavy (non-hydrogen) atoms. The fourth-order valence-electron chi connectivity index (χ4n) is 2.88. The summed E-state index contributed by atoms with van der Waals surface area (Å²) in [5.74, 6) is 1.07. The van der Waals surface area contributed by atoms with Crippen LogP contribution in [0.5, 0.6) is 5.75 Å². The zero-order chi connectivity index (χ0) is 14.4. The number of nitrogens with one attached hydrogen (secondary N) is 1. The van der Waals surface area contributed by atoms with Crippen LogP contribution in [0.15, 0.2) is 24.3 Å². The highest BCUT2D eigenvalue weighted by Gasteiger charge is 2.23. The highest BCUT2D eigenvalue weighted by molar-refractivity contribution is 5.37. The van der Waals surface area contributed by atoms with Crippen LogP contribution in [0.4, 0.5) is 0 Å². The molecule has 0 aromatic heterocycles. The molecule has 2 nitrogen and oxygen atoms in total. The highest BCUT2D eigenvalue weighted by Crippen LogP contribution is 2.28. The minimum atomic E-state index is 0.304. The van der Waals surface area contributed by atoms with Gasteiger partial charge in [0.05, 0.1) is 0 Å². The van der Waals surface area contributed by atoms with Gasteiger partial charge in [-0.2, -0.15) is 0 Å². The van der Waals surface area contributed by atoms with Crippen LogP contribution >= 0.6 is 0 Å². The summed E-state index contributed by atoms with van der Waals surface area (Å²) >= 11 is 0. The smallest absolute Gasteiger partial charge is 0.123 e. The predicted molar refractivity (Wildman–Crippen MR) is 85.4 cm³/mol. The first-order chi connectivity index (χ1) is 9.61. The van der Waals surface area contributed by atoms with Gasteiger partial charge in [-0.1, -0.05) is 58.2 Å². The zero-order valence-electron chi connectivity index (χ0n) is 13.2. The molecule has 0 fully saturated rings. The lowest BCUT2D eigenvalue weighted by Crippen LogP contribution is -2.36. The molecule has 1 unspecified atom stereocenters. The lowest BCUT2D eigenvalue weighted by molar-refractivity contribution is 0.213. The average Bonchev–Trinajstić information content (AvgIpc) is 2.81. The van der Waals surface area contributed by atoms with E-state index >= 15 is 0 Å². The topological polar surface area (TPSA) is 21.3 Å². The van der Waals surface area contributed by atoms with Crippen LogP contribution in [0.25, 0.3) is 0 Å². The standard InChI is InChI=1S/C18H29NO/c1-4-5-8-11-18(2,3)14-19-13-16-12-15-9-6-7-10-17(15)20-16/h6-7,9-10,16,19H,4-5,8,11-14H2,1-3H3. The number of unbranched alkanes of at least 4 members (excludes halogenated alkanes) is 2. The van der Waals surface area contributed by atoms with Gasteiger partial charge in [-0.25, -0.2) is 0 Å². The van der Waals surface area contributed by atoms with E-state index < -0.39 is 0 Å². The van der Waals surface area contributed by atoms with Crippen molar-refractivity contribution in [1.82, 2.24) is 5.32 Å². The first-order valence-corrected chi connectivity index (χ1v) is 8.06. The second-order valence-electron chi connectivity index (χ2n) is 6.80. The molecule has 1 atom stereocenters. The summed E-state index contributed by atoms with van der Waals surface area (Å²) in [7, 11) is 0. The molecule has 0 radical (unpaired) electrons. The molecular weight excluding hydrogens is 246 g/mol. The van der Waals surface area contributed by atoms with E-state index in [1.807, 2.05) is 6.07 Å². The van der Waals surface area contributed by atoms with Gasteiger partial charge in [-0.15, -0.1) is 0 Å². The van der Waals surface area contributed by atoms with Gasteiger partial charge in [-0.05, 0) is 23.5 Å². The Balaban J connectivity index is 1.67. The van der Waals surface area contributed by atoms with E-state index in [0.717, 1.165) is 25.3 Å². The molecule has 1 aromatic carbocycles. The second kappa shape index (κ2) is 7.12. The number of hydrogen-bond donors (Lipinski definition) is 1. The molecule has 0 amide bonds. The average molecular weight is 275 g/mol. The maximum absolute atomic E-state index is 5.96. The van der Waals surface area contributed by atoms with Gasteiger partial charge < -0.3 is 10.1 Å². The van der Waals surface area contributed by atoms with Crippen molar-refractivity contribution in [3.8, 4) is 5.75 Å². The molecule has 0 spiro atoms. The van der Waals surface area contributed by atoms with Gasteiger partial charge >= 0.3 is 0 Å². The molecule has 0 saturated heterocycles. The molecule has 1 N–H and O–H groups in total. The van der Waals surface area contributed by atoms with Crippen LogP contribution in [0.1, 0.15) is 52.0 Å². The lowest BCUT2D eigenvalue weighted by Gasteiger charge is -2.26. The van der Waals surface area contributed by atoms with Crippen molar-refractivity contribution >= 4 is 0 Å². The first kappa shape index (κ1) is 15.4. The maximum Gasteiger partial charge on any atom is 0.123 e. The third-order valence-corrected chi connectivity index (χ3v) is 4.15. The Labute approximate surface area is 123 Å². The Hall–Kier alpha value is -1.02. The lowest BCUT2D eigenvalue weighted by atomic mass is 9.87. The van der Waals surface area contributed by atoms with Crippen LogP contribution in [0.3, 0.4) is 0 Å². The Morgan fingerprint density at radius 3 is 2.80 bits per heavy atom. The molecule has 1 aliphatic rings. The van der Waals surface area contributed by atoms with Gasteiger partial charge in [0, 0.05) is 19.5 Å². The largest absolute Gasteiger partial charge is 0.488 e. The Kier molecular flexibility index (Phi) is 5.47. The van der Waals surface area contributed by atoms with Crippen LogP contribution in [0.2, 0.25) is 0 Å². The summed E-state index contributed by atoms with van der Waals surface area (Å²) in [4.78, 5) is 0. The van der Waals surface area contributed by atoms with Crippen LogP contribution in [-0.2, 0) is 6.42 Å². The Morgan fingerprint density at radius 2 is 2.05 bits per heavy atom. The molecule has 0 bridgehead atoms. The summed E-state index contributed by atoms with van der Waals surface area (Å²) in [6.07, 6.45) is 6.65. The number of hydrogen-bond acceptors (Lipinski definition) is 2. The maximum atomic E-state index is 5.96. The number of para-hydroxylation sites is 1. The molecule has 1 heterocycles. The van der Waals surface area contributed by atoms with E-state index in [9.17, 15) is 0 Å². The van der Waals surface area contributed by atoms with E-state index in [-0.39, 0.29) is 0 Å². The van der Waals surface area contributed by atoms with Gasteiger partial charge in [0.25, 0.3) is 0 Å². The highest BCUT2D eigenvalue weighted by atomic mass is 16.5. The first-order valence-electron chi connectivity index (χ1n) is 8.06. The quantitative estimate of drug-likeness (QED) is 0.718. The number of ether oxygens (including phenoxy) is 1. The van der Waals surface area contributed by atoms with Crippen molar-refractivity contribution in [1.29, 1.82) is 0 Å². The Morgan fingerprint density at radius 1 is 1.25 bits per heavy atom. The van der Waals surface area contributed by atoms with E-state index in [1.54, 1.807) is 0 Å². The predicted octanol–water partition coefficient (Wildman–Crippen LogP) is 4.19. The summed E-state index contributed by atoms with van der Waals surface area (Å²) in [6, 6.07) is 8.38. The molecule has 1 aromatic rings. The number of rotatable bonds is 8. The molecule has 112 valence electrons. The zero-order valence-corrected chi connectivity index (χ0v) is 13.2. The molecule has 0 saturated carbocycles. The van der Waals surface area contributed by atoms with Crippen LogP contribution < -0.4 is 10.1 Å². The minimum Gasteiger partial charge on any atom is -0.488 e. The van der Waals surface area contributed by atoms with Crippen molar-refractivity contribution < 1.29 is 4.74 Å². The summed E-state index contributed by atoms with van der Waals surface area (Å²) < 4.78 is 5.96. The van der Waals surface area contributed by atoms with Crippen molar-refractivity contribution in [2.24, 2.45) is 5.41 Å². The van der Waals surface area contributed by atoms with Gasteiger partial charge in [0.2, 0.25) is 0 Å². The third kappa shape index (κ3) is 4.52. The van der Waals surface area contributed by atoms with Gasteiger partial charge in [-0.3, -0.25) is 0 Å². The molecule has 2 heteroatoms. The fourth-order valence-corrected chi connectivity index (χ4v) is 2.88. The van der Waals surface area contributed by atoms with Crippen molar-refractivity contribution in [2.75, 3.05) is 13.1 Å². The number of fused-ring (bicyclic) bond motifs is 1. The van der Waals surface area contributed by atoms with E-state index in [2.05, 4.69) is 44.3 Å². The molecule has 0 aliphatic carbocycles. The molecule has 2 rings (SSSR count). The van der Waals surface area contributed by atoms with Crippen LogP contribution in [-0.4, -0.2) is 19.2 Å². The van der Waals surface area contributed by atoms with Crippen LogP contribution in [0, 0.1) is 5.41 Å². The second-order valence-corrected chi connectivity index (χ2v) is 6.80. The van der Waals surface area contributed by atoms with E-state index in [1.165, 1.54) is 31.2 Å². The normalized spacial score (nSPS) is 17.9. The van der Waals surface area contributed by atoms with Crippen molar-refractivity contribution in [3.05, 3.63) is 29.8 Å². The minimum absolute atomic E-state index is 0.304. The van der Waals surface area contributed by atoms with Gasteiger partial charge in [0.1, 0.15) is 11.9 Å². The van der Waals surface area contributed by atoms with Crippen molar-refractivity contribution in [3.63, 3.8) is 0 Å². The molecule has 1 aliphatic heterocycles. The summed E-state index contributed by atoms with van der Waals surface area (Å²) in [6.45, 7) is 9.01. The monoisotopic (exact) mass is 275 g/mol. The molecular formula is C18H29NO. The fraction of sp³-hybridized carbons (Fsp3) is 0.667. The summed E-state index contributed by atoms with van der Waals surface area (Å²) in [5.41, 5.74) is 1.74. The summed E-state index contributed by atoms with van der Waals surface area (Å²) in [5, 5.41) is 3.60. The van der Waals surface area contributed by atoms with E-state index in [0.29, 0.717) is 11.5 Å². The number of benzene rings is 1. The Bertz CT molecular complexity index is 389. The van der Waals surface area contributed by atoms with E-state index in [4.69, 9.17) is 4.74 Å². The SMILES string of the molecule is CCCCCC(C)(C)CNCC1Cc2ccccc2O1. The third-order valence-electron chi connectivity index (χ3n) is 4.15. The van der Waals surface area contributed by atoms with Gasteiger partial charge in [0.15, 0.2) is 0 Å². The van der Waals surface area contributed by atoms with Crippen molar-refractivity contribution in [2.45, 2.75) is 59.0 Å².